The number of methoxy groups -OCH3 is 1. The molecule has 0 fully saturated rings. The fraction of sp³-hybridized carbons (Fsp3) is 0.136. The van der Waals surface area contributed by atoms with Gasteiger partial charge in [-0.1, -0.05) is 30.3 Å². The summed E-state index contributed by atoms with van der Waals surface area (Å²) in [5.74, 6) is -0.274. The van der Waals surface area contributed by atoms with E-state index >= 15 is 0 Å². The lowest BCUT2D eigenvalue weighted by Gasteiger charge is -2.23. The zero-order valence-corrected chi connectivity index (χ0v) is 17.7. The maximum atomic E-state index is 12.9. The highest BCUT2D eigenvalue weighted by Gasteiger charge is 2.21. The molecule has 3 rings (SSSR count). The van der Waals surface area contributed by atoms with Crippen LogP contribution in [-0.2, 0) is 10.0 Å². The molecular weight excluding hydrogens is 402 g/mol. The number of nitrogens with one attached hydrogen (secondary N) is 2. The molecule has 0 aliphatic rings. The van der Waals surface area contributed by atoms with Crippen LogP contribution in [0.25, 0.3) is 0 Å². The lowest BCUT2D eigenvalue weighted by atomic mass is 10.1. The Morgan fingerprint density at radius 3 is 2.30 bits per heavy atom. The fourth-order valence-electron chi connectivity index (χ4n) is 2.99. The largest absolute Gasteiger partial charge is 0.495 e. The smallest absolute Gasteiger partial charge is 0.255 e. The summed E-state index contributed by atoms with van der Waals surface area (Å²) in [6.45, 7) is 0. The molecule has 3 aromatic rings. The predicted molar refractivity (Wildman–Crippen MR) is 118 cm³/mol. The van der Waals surface area contributed by atoms with Crippen LogP contribution in [-0.4, -0.2) is 35.5 Å². The summed E-state index contributed by atoms with van der Waals surface area (Å²) in [7, 11) is 0.795. The minimum atomic E-state index is -3.79. The summed E-state index contributed by atoms with van der Waals surface area (Å²) < 4.78 is 31.9. The second kappa shape index (κ2) is 8.98. The van der Waals surface area contributed by atoms with Crippen LogP contribution in [0.1, 0.15) is 10.4 Å². The first-order valence-corrected chi connectivity index (χ1v) is 10.7. The average Bonchev–Trinajstić information content (AvgIpc) is 2.79. The van der Waals surface area contributed by atoms with Crippen molar-refractivity contribution in [2.24, 2.45) is 0 Å². The number of para-hydroxylation sites is 3. The number of carbonyl (C=O) groups is 1. The summed E-state index contributed by atoms with van der Waals surface area (Å²) in [4.78, 5) is 14.8. The maximum absolute atomic E-state index is 12.9. The molecule has 0 aliphatic carbocycles. The molecular formula is C22H23N3O4S. The van der Waals surface area contributed by atoms with E-state index in [1.807, 2.05) is 60.5 Å². The lowest BCUT2D eigenvalue weighted by Crippen LogP contribution is -2.21. The SMILES string of the molecule is CNS(=O)(=O)c1cc(C(=O)Nc2ccccc2N(C)c2ccccc2)ccc1OC. The van der Waals surface area contributed by atoms with E-state index in [-0.39, 0.29) is 16.2 Å². The first kappa shape index (κ1) is 21.4. The third-order valence-corrected chi connectivity index (χ3v) is 6.08. The molecule has 7 nitrogen and oxygen atoms in total. The summed E-state index contributed by atoms with van der Waals surface area (Å²) in [6, 6.07) is 21.4. The molecule has 30 heavy (non-hydrogen) atoms. The van der Waals surface area contributed by atoms with Crippen LogP contribution in [0.4, 0.5) is 17.1 Å². The van der Waals surface area contributed by atoms with Crippen molar-refractivity contribution in [2.45, 2.75) is 4.90 Å². The van der Waals surface area contributed by atoms with Gasteiger partial charge in [-0.3, -0.25) is 4.79 Å². The van der Waals surface area contributed by atoms with Crippen LogP contribution < -0.4 is 19.7 Å². The van der Waals surface area contributed by atoms with E-state index in [0.717, 1.165) is 11.4 Å². The number of amides is 1. The van der Waals surface area contributed by atoms with Crippen molar-refractivity contribution in [3.8, 4) is 5.75 Å². The molecule has 156 valence electrons. The van der Waals surface area contributed by atoms with E-state index in [1.54, 1.807) is 6.07 Å². The van der Waals surface area contributed by atoms with Crippen molar-refractivity contribution in [2.75, 3.05) is 31.4 Å². The molecule has 0 heterocycles. The molecule has 2 N–H and O–H groups in total. The fourth-order valence-corrected chi connectivity index (χ4v) is 3.91. The van der Waals surface area contributed by atoms with Crippen LogP contribution in [0.3, 0.4) is 0 Å². The van der Waals surface area contributed by atoms with Crippen molar-refractivity contribution in [3.05, 3.63) is 78.4 Å². The van der Waals surface area contributed by atoms with Crippen LogP contribution in [0.15, 0.2) is 77.7 Å². The zero-order chi connectivity index (χ0) is 21.7. The van der Waals surface area contributed by atoms with Gasteiger partial charge in [0.1, 0.15) is 10.6 Å². The summed E-state index contributed by atoms with van der Waals surface area (Å²) >= 11 is 0. The van der Waals surface area contributed by atoms with E-state index in [1.165, 1.54) is 32.4 Å². The monoisotopic (exact) mass is 425 g/mol. The second-order valence-corrected chi connectivity index (χ2v) is 8.29. The quantitative estimate of drug-likeness (QED) is 0.604. The minimum absolute atomic E-state index is 0.102. The Bertz CT molecular complexity index is 1150. The maximum Gasteiger partial charge on any atom is 0.255 e. The van der Waals surface area contributed by atoms with E-state index in [0.29, 0.717) is 5.69 Å². The molecule has 0 bridgehead atoms. The Morgan fingerprint density at radius 2 is 1.63 bits per heavy atom. The number of hydrogen-bond acceptors (Lipinski definition) is 5. The van der Waals surface area contributed by atoms with E-state index < -0.39 is 15.9 Å². The summed E-state index contributed by atoms with van der Waals surface area (Å²) in [5.41, 5.74) is 2.56. The number of nitrogens with zero attached hydrogens (tertiary/aromatic N) is 1. The Kier molecular flexibility index (Phi) is 6.39. The van der Waals surface area contributed by atoms with Crippen LogP contribution in [0, 0.1) is 0 Å². The van der Waals surface area contributed by atoms with Gasteiger partial charge in [0, 0.05) is 18.3 Å². The molecule has 0 saturated carbocycles. The van der Waals surface area contributed by atoms with Crippen molar-refractivity contribution in [1.29, 1.82) is 0 Å². The molecule has 0 aliphatic heterocycles. The number of benzene rings is 3. The molecule has 0 radical (unpaired) electrons. The number of hydrogen-bond donors (Lipinski definition) is 2. The van der Waals surface area contributed by atoms with Gasteiger partial charge in [-0.2, -0.15) is 0 Å². The van der Waals surface area contributed by atoms with Crippen molar-refractivity contribution in [3.63, 3.8) is 0 Å². The molecule has 3 aromatic carbocycles. The number of ether oxygens (including phenoxy) is 1. The molecule has 0 unspecified atom stereocenters. The lowest BCUT2D eigenvalue weighted by molar-refractivity contribution is 0.102. The van der Waals surface area contributed by atoms with Gasteiger partial charge in [-0.05, 0) is 49.5 Å². The molecule has 0 atom stereocenters. The number of rotatable bonds is 7. The normalized spacial score (nSPS) is 11.0. The number of anilines is 3. The van der Waals surface area contributed by atoms with Gasteiger partial charge in [-0.15, -0.1) is 0 Å². The van der Waals surface area contributed by atoms with Gasteiger partial charge in [0.2, 0.25) is 10.0 Å². The van der Waals surface area contributed by atoms with Crippen LogP contribution >= 0.6 is 0 Å². The number of sulfonamides is 1. The van der Waals surface area contributed by atoms with E-state index in [4.69, 9.17) is 4.74 Å². The minimum Gasteiger partial charge on any atom is -0.495 e. The van der Waals surface area contributed by atoms with E-state index in [9.17, 15) is 13.2 Å². The van der Waals surface area contributed by atoms with Crippen molar-refractivity contribution >= 4 is 33.0 Å². The van der Waals surface area contributed by atoms with Crippen LogP contribution in [0.2, 0.25) is 0 Å². The van der Waals surface area contributed by atoms with Crippen LogP contribution in [0.5, 0.6) is 5.75 Å². The van der Waals surface area contributed by atoms with Gasteiger partial charge in [-0.25, -0.2) is 13.1 Å². The van der Waals surface area contributed by atoms with Crippen molar-refractivity contribution in [1.82, 2.24) is 4.72 Å². The number of carbonyl (C=O) groups excluding carboxylic acids is 1. The van der Waals surface area contributed by atoms with Gasteiger partial charge in [0.25, 0.3) is 5.91 Å². The highest BCUT2D eigenvalue weighted by Crippen LogP contribution is 2.31. The third kappa shape index (κ3) is 4.45. The Morgan fingerprint density at radius 1 is 0.967 bits per heavy atom. The van der Waals surface area contributed by atoms with E-state index in [2.05, 4.69) is 10.0 Å². The predicted octanol–water partition coefficient (Wildman–Crippen LogP) is 3.62. The zero-order valence-electron chi connectivity index (χ0n) is 16.9. The summed E-state index contributed by atoms with van der Waals surface area (Å²) in [6.07, 6.45) is 0. The highest BCUT2D eigenvalue weighted by molar-refractivity contribution is 7.89. The summed E-state index contributed by atoms with van der Waals surface area (Å²) in [5, 5.41) is 2.87. The molecule has 0 spiro atoms. The Balaban J connectivity index is 1.93. The molecule has 0 saturated heterocycles. The van der Waals surface area contributed by atoms with Gasteiger partial charge in [0.05, 0.1) is 18.5 Å². The standard InChI is InChI=1S/C22H23N3O4S/c1-23-30(27,28)21-15-16(13-14-20(21)29-3)22(26)24-18-11-7-8-12-19(18)25(2)17-9-5-4-6-10-17/h4-15,23H,1-3H3,(H,24,26). The first-order valence-electron chi connectivity index (χ1n) is 9.18. The average molecular weight is 426 g/mol. The van der Waals surface area contributed by atoms with Gasteiger partial charge in [0.15, 0.2) is 0 Å². The molecule has 1 amide bonds. The third-order valence-electron chi connectivity index (χ3n) is 4.64. The van der Waals surface area contributed by atoms with Gasteiger partial charge < -0.3 is 15.0 Å². The van der Waals surface area contributed by atoms with Gasteiger partial charge >= 0.3 is 0 Å². The van der Waals surface area contributed by atoms with Crippen molar-refractivity contribution < 1.29 is 17.9 Å². The molecule has 0 aromatic heterocycles. The highest BCUT2D eigenvalue weighted by atomic mass is 32.2. The Labute approximate surface area is 176 Å². The molecule has 8 heteroatoms. The second-order valence-electron chi connectivity index (χ2n) is 6.44. The Hall–Kier alpha value is -3.36. The first-order chi connectivity index (χ1) is 14.4. The topological polar surface area (TPSA) is 87.7 Å².